The molecule has 5 heteroatoms. The summed E-state index contributed by atoms with van der Waals surface area (Å²) in [7, 11) is 1.78. The van der Waals surface area contributed by atoms with Crippen molar-refractivity contribution in [2.75, 3.05) is 18.8 Å². The van der Waals surface area contributed by atoms with E-state index < -0.39 is 0 Å². The van der Waals surface area contributed by atoms with E-state index in [0.717, 1.165) is 25.9 Å². The molecule has 0 spiro atoms. The Morgan fingerprint density at radius 1 is 1.47 bits per heavy atom. The highest BCUT2D eigenvalue weighted by molar-refractivity contribution is 5.97. The van der Waals surface area contributed by atoms with Crippen LogP contribution in [0, 0.1) is 5.92 Å². The first-order valence-corrected chi connectivity index (χ1v) is 6.16. The molecule has 1 atom stereocenters. The lowest BCUT2D eigenvalue weighted by molar-refractivity contribution is 0.0754. The van der Waals surface area contributed by atoms with E-state index in [1.807, 2.05) is 4.90 Å². The summed E-state index contributed by atoms with van der Waals surface area (Å²) < 4.78 is 1.59. The van der Waals surface area contributed by atoms with Crippen LogP contribution in [0.4, 0.5) is 5.69 Å². The molecule has 1 saturated heterocycles. The number of hydrogen-bond acceptors (Lipinski definition) is 3. The molecule has 1 unspecified atom stereocenters. The van der Waals surface area contributed by atoms with Crippen molar-refractivity contribution in [2.24, 2.45) is 13.0 Å². The lowest BCUT2D eigenvalue weighted by Crippen LogP contribution is -2.32. The van der Waals surface area contributed by atoms with E-state index in [9.17, 15) is 4.79 Å². The van der Waals surface area contributed by atoms with Crippen LogP contribution in [0.5, 0.6) is 0 Å². The summed E-state index contributed by atoms with van der Waals surface area (Å²) in [6, 6.07) is 0. The van der Waals surface area contributed by atoms with Gasteiger partial charge in [-0.2, -0.15) is 5.10 Å². The minimum atomic E-state index is -0.0304. The molecule has 2 N–H and O–H groups in total. The van der Waals surface area contributed by atoms with Gasteiger partial charge in [0.2, 0.25) is 0 Å². The fourth-order valence-electron chi connectivity index (χ4n) is 2.29. The number of nitrogens with two attached hydrogens (primary N) is 1. The minimum absolute atomic E-state index is 0.0304. The van der Waals surface area contributed by atoms with Crippen molar-refractivity contribution in [3.63, 3.8) is 0 Å². The zero-order valence-electron chi connectivity index (χ0n) is 10.5. The molecule has 1 aliphatic rings. The Hall–Kier alpha value is -1.52. The fourth-order valence-corrected chi connectivity index (χ4v) is 2.29. The molecule has 0 saturated carbocycles. The Labute approximate surface area is 102 Å². The fraction of sp³-hybridized carbons (Fsp3) is 0.667. The largest absolute Gasteiger partial charge is 0.396 e. The van der Waals surface area contributed by atoms with Gasteiger partial charge in [0.05, 0.1) is 5.69 Å². The van der Waals surface area contributed by atoms with Gasteiger partial charge in [-0.05, 0) is 25.2 Å². The summed E-state index contributed by atoms with van der Waals surface area (Å²) in [6.07, 6.45) is 5.01. The van der Waals surface area contributed by atoms with Gasteiger partial charge in [-0.15, -0.1) is 0 Å². The zero-order chi connectivity index (χ0) is 12.4. The topological polar surface area (TPSA) is 64.2 Å². The normalized spacial score (nSPS) is 21.3. The number of likely N-dealkylation sites (tertiary alicyclic amines) is 1. The summed E-state index contributed by atoms with van der Waals surface area (Å²) in [5.74, 6) is 0.672. The van der Waals surface area contributed by atoms with Crippen LogP contribution < -0.4 is 5.73 Å². The van der Waals surface area contributed by atoms with Crippen molar-refractivity contribution in [1.29, 1.82) is 0 Å². The number of anilines is 1. The Morgan fingerprint density at radius 3 is 2.88 bits per heavy atom. The van der Waals surface area contributed by atoms with Crippen LogP contribution in [0.3, 0.4) is 0 Å². The Morgan fingerprint density at radius 2 is 2.24 bits per heavy atom. The van der Waals surface area contributed by atoms with Crippen LogP contribution in [0.1, 0.15) is 36.7 Å². The van der Waals surface area contributed by atoms with Crippen LogP contribution >= 0.6 is 0 Å². The molecule has 0 aliphatic carbocycles. The second kappa shape index (κ2) is 4.77. The lowest BCUT2D eigenvalue weighted by Gasteiger charge is -2.19. The van der Waals surface area contributed by atoms with E-state index in [1.54, 1.807) is 17.9 Å². The van der Waals surface area contributed by atoms with E-state index in [1.165, 1.54) is 6.42 Å². The molecule has 1 aliphatic heterocycles. The maximum Gasteiger partial charge on any atom is 0.276 e. The number of carbonyl (C=O) groups excluding carboxylic acids is 1. The van der Waals surface area contributed by atoms with Crippen LogP contribution in [-0.2, 0) is 7.05 Å². The third kappa shape index (κ3) is 2.60. The van der Waals surface area contributed by atoms with Crippen LogP contribution in [0.15, 0.2) is 6.20 Å². The number of aromatic nitrogens is 2. The first-order chi connectivity index (χ1) is 8.08. The Balaban J connectivity index is 2.11. The molecular formula is C12H20N4O. The predicted molar refractivity (Wildman–Crippen MR) is 66.5 cm³/mol. The number of rotatable bonds is 1. The van der Waals surface area contributed by atoms with E-state index in [-0.39, 0.29) is 5.91 Å². The van der Waals surface area contributed by atoms with Gasteiger partial charge in [-0.25, -0.2) is 0 Å². The molecule has 1 aromatic heterocycles. The first kappa shape index (κ1) is 12.0. The number of nitrogen functional groups attached to an aromatic ring is 1. The number of nitrogens with zero attached hydrogens (tertiary/aromatic N) is 3. The average Bonchev–Trinajstić information content (AvgIpc) is 2.49. The maximum atomic E-state index is 12.3. The summed E-state index contributed by atoms with van der Waals surface area (Å²) in [4.78, 5) is 14.1. The van der Waals surface area contributed by atoms with Gasteiger partial charge < -0.3 is 10.6 Å². The van der Waals surface area contributed by atoms with E-state index in [2.05, 4.69) is 12.0 Å². The molecule has 2 rings (SSSR count). The van der Waals surface area contributed by atoms with E-state index >= 15 is 0 Å². The summed E-state index contributed by atoms with van der Waals surface area (Å²) in [6.45, 7) is 3.87. The van der Waals surface area contributed by atoms with E-state index in [0.29, 0.717) is 17.3 Å². The number of amides is 1. The van der Waals surface area contributed by atoms with Gasteiger partial charge in [0.15, 0.2) is 5.69 Å². The summed E-state index contributed by atoms with van der Waals surface area (Å²) in [5, 5.41) is 4.14. The summed E-state index contributed by atoms with van der Waals surface area (Å²) in [5.41, 5.74) is 6.64. The SMILES string of the molecule is CC1CCCN(C(=O)c2nn(C)cc2N)CC1. The van der Waals surface area contributed by atoms with Crippen molar-refractivity contribution < 1.29 is 4.79 Å². The van der Waals surface area contributed by atoms with Crippen molar-refractivity contribution >= 4 is 11.6 Å². The van der Waals surface area contributed by atoms with Gasteiger partial charge in [-0.1, -0.05) is 6.92 Å². The number of carbonyl (C=O) groups is 1. The highest BCUT2D eigenvalue weighted by Crippen LogP contribution is 2.19. The Kier molecular flexibility index (Phi) is 3.36. The zero-order valence-corrected chi connectivity index (χ0v) is 10.5. The van der Waals surface area contributed by atoms with Gasteiger partial charge >= 0.3 is 0 Å². The smallest absolute Gasteiger partial charge is 0.276 e. The standard InChI is InChI=1S/C12H20N4O/c1-9-4-3-6-16(7-5-9)12(17)11-10(13)8-15(2)14-11/h8-9H,3-7,13H2,1-2H3. The monoisotopic (exact) mass is 236 g/mol. The van der Waals surface area contributed by atoms with Crippen molar-refractivity contribution in [3.05, 3.63) is 11.9 Å². The molecular weight excluding hydrogens is 216 g/mol. The third-order valence-electron chi connectivity index (χ3n) is 3.36. The number of aryl methyl sites for hydroxylation is 1. The quantitative estimate of drug-likeness (QED) is 0.798. The van der Waals surface area contributed by atoms with Gasteiger partial charge in [-0.3, -0.25) is 9.48 Å². The Bertz CT molecular complexity index is 413. The number of hydrogen-bond donors (Lipinski definition) is 1. The molecule has 0 radical (unpaired) electrons. The highest BCUT2D eigenvalue weighted by Gasteiger charge is 2.23. The molecule has 17 heavy (non-hydrogen) atoms. The van der Waals surface area contributed by atoms with Crippen molar-refractivity contribution in [3.8, 4) is 0 Å². The van der Waals surface area contributed by atoms with Gasteiger partial charge in [0, 0.05) is 26.3 Å². The average molecular weight is 236 g/mol. The van der Waals surface area contributed by atoms with Crippen molar-refractivity contribution in [1.82, 2.24) is 14.7 Å². The first-order valence-electron chi connectivity index (χ1n) is 6.16. The van der Waals surface area contributed by atoms with Crippen LogP contribution in [0.25, 0.3) is 0 Å². The summed E-state index contributed by atoms with van der Waals surface area (Å²) >= 11 is 0. The second-order valence-electron chi connectivity index (χ2n) is 4.93. The molecule has 0 bridgehead atoms. The van der Waals surface area contributed by atoms with Gasteiger partial charge in [0.25, 0.3) is 5.91 Å². The van der Waals surface area contributed by atoms with Crippen LogP contribution in [-0.4, -0.2) is 33.7 Å². The molecule has 1 aromatic rings. The van der Waals surface area contributed by atoms with Crippen molar-refractivity contribution in [2.45, 2.75) is 26.2 Å². The van der Waals surface area contributed by atoms with Crippen LogP contribution in [0.2, 0.25) is 0 Å². The minimum Gasteiger partial charge on any atom is -0.396 e. The molecule has 5 nitrogen and oxygen atoms in total. The molecule has 0 aromatic carbocycles. The second-order valence-corrected chi connectivity index (χ2v) is 4.93. The maximum absolute atomic E-state index is 12.3. The molecule has 2 heterocycles. The van der Waals surface area contributed by atoms with Gasteiger partial charge in [0.1, 0.15) is 0 Å². The molecule has 1 fully saturated rings. The van der Waals surface area contributed by atoms with E-state index in [4.69, 9.17) is 5.73 Å². The molecule has 1 amide bonds. The molecule has 94 valence electrons. The lowest BCUT2D eigenvalue weighted by atomic mass is 10.0. The predicted octanol–water partition coefficient (Wildman–Crippen LogP) is 1.26. The highest BCUT2D eigenvalue weighted by atomic mass is 16.2. The third-order valence-corrected chi connectivity index (χ3v) is 3.36.